The van der Waals surface area contributed by atoms with Gasteiger partial charge in [-0.15, -0.1) is 11.3 Å². The monoisotopic (exact) mass is 432 g/mol. The number of hydrogen-bond acceptors (Lipinski definition) is 5. The van der Waals surface area contributed by atoms with Crippen molar-refractivity contribution >= 4 is 44.8 Å². The van der Waals surface area contributed by atoms with Crippen LogP contribution in [0.15, 0.2) is 66.7 Å². The number of nitriles is 1. The van der Waals surface area contributed by atoms with E-state index < -0.39 is 0 Å². The fourth-order valence-corrected chi connectivity index (χ4v) is 4.08. The molecule has 0 radical (unpaired) electrons. The lowest BCUT2D eigenvalue weighted by atomic mass is 10.1. The minimum absolute atomic E-state index is 0.334. The molecule has 4 aromatic rings. The molecule has 4 nitrogen and oxygen atoms in total. The molecule has 0 N–H and O–H groups in total. The Morgan fingerprint density at radius 1 is 1.10 bits per heavy atom. The van der Waals surface area contributed by atoms with Crippen LogP contribution in [0.25, 0.3) is 21.9 Å². The zero-order chi connectivity index (χ0) is 20.9. The molecular formula is C24H17ClN2O2S. The summed E-state index contributed by atoms with van der Waals surface area (Å²) >= 11 is 7.69. The van der Waals surface area contributed by atoms with Crippen LogP contribution in [0.3, 0.4) is 0 Å². The Labute approximate surface area is 183 Å². The number of thiazole rings is 1. The Hall–Kier alpha value is -3.33. The zero-order valence-electron chi connectivity index (χ0n) is 16.1. The molecule has 0 saturated carbocycles. The van der Waals surface area contributed by atoms with Gasteiger partial charge < -0.3 is 9.47 Å². The summed E-state index contributed by atoms with van der Waals surface area (Å²) in [4.78, 5) is 4.57. The Balaban J connectivity index is 1.59. The van der Waals surface area contributed by atoms with Gasteiger partial charge in [-0.3, -0.25) is 0 Å². The van der Waals surface area contributed by atoms with Crippen molar-refractivity contribution in [2.75, 3.05) is 7.11 Å². The van der Waals surface area contributed by atoms with Gasteiger partial charge in [0.15, 0.2) is 11.5 Å². The van der Waals surface area contributed by atoms with E-state index in [1.807, 2.05) is 66.7 Å². The van der Waals surface area contributed by atoms with Crippen molar-refractivity contribution in [1.29, 1.82) is 5.26 Å². The summed E-state index contributed by atoms with van der Waals surface area (Å²) in [5, 5.41) is 11.0. The van der Waals surface area contributed by atoms with E-state index in [2.05, 4.69) is 11.1 Å². The summed E-state index contributed by atoms with van der Waals surface area (Å²) < 4.78 is 12.4. The molecule has 4 rings (SSSR count). The van der Waals surface area contributed by atoms with Crippen LogP contribution < -0.4 is 9.47 Å². The summed E-state index contributed by atoms with van der Waals surface area (Å²) in [6, 6.07) is 23.2. The minimum atomic E-state index is 0.334. The fourth-order valence-electron chi connectivity index (χ4n) is 2.96. The summed E-state index contributed by atoms with van der Waals surface area (Å²) in [6.07, 6.45) is 1.80. The molecule has 0 aliphatic carbocycles. The predicted molar refractivity (Wildman–Crippen MR) is 122 cm³/mol. The quantitative estimate of drug-likeness (QED) is 0.322. The van der Waals surface area contributed by atoms with Crippen molar-refractivity contribution < 1.29 is 9.47 Å². The van der Waals surface area contributed by atoms with Crippen molar-refractivity contribution in [3.8, 4) is 17.6 Å². The molecular weight excluding hydrogens is 416 g/mol. The maximum atomic E-state index is 9.66. The van der Waals surface area contributed by atoms with Gasteiger partial charge in [0.25, 0.3) is 0 Å². The summed E-state index contributed by atoms with van der Waals surface area (Å²) in [5.41, 5.74) is 3.11. The Morgan fingerprint density at radius 2 is 1.90 bits per heavy atom. The predicted octanol–water partition coefficient (Wildman–Crippen LogP) is 6.60. The highest BCUT2D eigenvalue weighted by Gasteiger charge is 2.11. The molecule has 0 aliphatic rings. The van der Waals surface area contributed by atoms with E-state index in [0.717, 1.165) is 21.3 Å². The zero-order valence-corrected chi connectivity index (χ0v) is 17.7. The van der Waals surface area contributed by atoms with Gasteiger partial charge in [-0.1, -0.05) is 48.0 Å². The first kappa shape index (κ1) is 20.0. The maximum Gasteiger partial charge on any atom is 0.161 e. The lowest BCUT2D eigenvalue weighted by Crippen LogP contribution is -1.98. The molecule has 148 valence electrons. The number of aromatic nitrogens is 1. The molecule has 0 fully saturated rings. The van der Waals surface area contributed by atoms with Crippen molar-refractivity contribution in [2.24, 2.45) is 0 Å². The second-order valence-corrected chi connectivity index (χ2v) is 7.88. The molecule has 6 heteroatoms. The van der Waals surface area contributed by atoms with Gasteiger partial charge in [0.1, 0.15) is 17.7 Å². The van der Waals surface area contributed by atoms with E-state index in [-0.39, 0.29) is 0 Å². The largest absolute Gasteiger partial charge is 0.493 e. The molecule has 0 bridgehead atoms. The number of methoxy groups -OCH3 is 1. The van der Waals surface area contributed by atoms with Gasteiger partial charge in [-0.25, -0.2) is 4.98 Å². The number of hydrogen-bond donors (Lipinski definition) is 0. The van der Waals surface area contributed by atoms with Gasteiger partial charge in [0, 0.05) is 10.6 Å². The van der Waals surface area contributed by atoms with Gasteiger partial charge >= 0.3 is 0 Å². The first-order valence-corrected chi connectivity index (χ1v) is 10.4. The number of para-hydroxylation sites is 1. The van der Waals surface area contributed by atoms with Crippen LogP contribution in [0.4, 0.5) is 0 Å². The minimum Gasteiger partial charge on any atom is -0.493 e. The molecule has 0 atom stereocenters. The number of rotatable bonds is 6. The van der Waals surface area contributed by atoms with E-state index in [1.165, 1.54) is 11.3 Å². The number of halogens is 1. The lowest BCUT2D eigenvalue weighted by Gasteiger charge is -2.12. The SMILES string of the molecule is COc1cc(/C=C(/C#N)c2nc3ccccc3s2)ccc1OCc1ccccc1Cl. The summed E-state index contributed by atoms with van der Waals surface area (Å²) in [5.74, 6) is 1.19. The average molecular weight is 433 g/mol. The van der Waals surface area contributed by atoms with E-state index in [9.17, 15) is 5.26 Å². The Kier molecular flexibility index (Phi) is 5.99. The number of allylic oxidation sites excluding steroid dienone is 1. The van der Waals surface area contributed by atoms with E-state index >= 15 is 0 Å². The fraction of sp³-hybridized carbons (Fsp3) is 0.0833. The van der Waals surface area contributed by atoms with Crippen LogP contribution >= 0.6 is 22.9 Å². The maximum absolute atomic E-state index is 9.66. The highest BCUT2D eigenvalue weighted by molar-refractivity contribution is 7.19. The van der Waals surface area contributed by atoms with Crippen LogP contribution in [-0.4, -0.2) is 12.1 Å². The Bertz CT molecular complexity index is 1240. The van der Waals surface area contributed by atoms with Crippen LogP contribution in [0.5, 0.6) is 11.5 Å². The van der Waals surface area contributed by atoms with Crippen LogP contribution in [0.2, 0.25) is 5.02 Å². The third-order valence-corrected chi connectivity index (χ3v) is 5.92. The number of fused-ring (bicyclic) bond motifs is 1. The number of benzene rings is 3. The standard InChI is InChI=1S/C24H17ClN2O2S/c1-28-22-13-16(10-11-21(22)29-15-17-6-2-3-7-19(17)25)12-18(14-26)24-27-20-8-4-5-9-23(20)30-24/h2-13H,15H2,1H3/b18-12-. The Morgan fingerprint density at radius 3 is 2.67 bits per heavy atom. The molecule has 0 saturated heterocycles. The first-order valence-electron chi connectivity index (χ1n) is 9.20. The molecule has 3 aromatic carbocycles. The van der Waals surface area contributed by atoms with Gasteiger partial charge in [-0.05, 0) is 42.0 Å². The molecule has 0 spiro atoms. The van der Waals surface area contributed by atoms with Crippen LogP contribution in [-0.2, 0) is 6.61 Å². The van der Waals surface area contributed by atoms with E-state index in [4.69, 9.17) is 21.1 Å². The van der Waals surface area contributed by atoms with E-state index in [1.54, 1.807) is 13.2 Å². The molecule has 1 aromatic heterocycles. The summed E-state index contributed by atoms with van der Waals surface area (Å²) in [6.45, 7) is 0.334. The molecule has 1 heterocycles. The van der Waals surface area contributed by atoms with Gasteiger partial charge in [0.05, 0.1) is 22.9 Å². The van der Waals surface area contributed by atoms with Crippen molar-refractivity contribution in [3.63, 3.8) is 0 Å². The van der Waals surface area contributed by atoms with Crippen molar-refractivity contribution in [3.05, 3.63) is 87.9 Å². The van der Waals surface area contributed by atoms with Crippen LogP contribution in [0, 0.1) is 11.3 Å². The third-order valence-electron chi connectivity index (χ3n) is 4.48. The van der Waals surface area contributed by atoms with Gasteiger partial charge in [0.2, 0.25) is 0 Å². The lowest BCUT2D eigenvalue weighted by molar-refractivity contribution is 0.284. The van der Waals surface area contributed by atoms with E-state index in [0.29, 0.717) is 33.7 Å². The van der Waals surface area contributed by atoms with Crippen molar-refractivity contribution in [2.45, 2.75) is 6.61 Å². The second-order valence-electron chi connectivity index (χ2n) is 6.45. The second kappa shape index (κ2) is 9.00. The topological polar surface area (TPSA) is 55.1 Å². The highest BCUT2D eigenvalue weighted by Crippen LogP contribution is 2.32. The molecule has 0 aliphatic heterocycles. The molecule has 30 heavy (non-hydrogen) atoms. The highest BCUT2D eigenvalue weighted by atomic mass is 35.5. The summed E-state index contributed by atoms with van der Waals surface area (Å²) in [7, 11) is 1.59. The van der Waals surface area contributed by atoms with Crippen molar-refractivity contribution in [1.82, 2.24) is 4.98 Å². The third kappa shape index (κ3) is 4.30. The number of ether oxygens (including phenoxy) is 2. The first-order chi connectivity index (χ1) is 14.7. The van der Waals surface area contributed by atoms with Crippen LogP contribution in [0.1, 0.15) is 16.1 Å². The average Bonchev–Trinajstić information content (AvgIpc) is 3.21. The molecule has 0 unspecified atom stereocenters. The smallest absolute Gasteiger partial charge is 0.161 e. The number of nitrogens with zero attached hydrogens (tertiary/aromatic N) is 2. The molecule has 0 amide bonds. The van der Waals surface area contributed by atoms with Gasteiger partial charge in [-0.2, -0.15) is 5.26 Å². The normalized spacial score (nSPS) is 11.3.